The Balaban J connectivity index is 2.07. The Morgan fingerprint density at radius 2 is 1.97 bits per heavy atom. The zero-order valence-electron chi connectivity index (χ0n) is 18.2. The molecule has 0 aromatic carbocycles. The number of carboxylic acid groups (broad SMARTS) is 1. The second-order valence-electron chi connectivity index (χ2n) is 8.67. The molecule has 0 unspecified atom stereocenters. The predicted molar refractivity (Wildman–Crippen MR) is 109 cm³/mol. The number of esters is 3. The van der Waals surface area contributed by atoms with Gasteiger partial charge in [0.1, 0.15) is 16.6 Å². The molecule has 2 bridgehead atoms. The van der Waals surface area contributed by atoms with E-state index in [-0.39, 0.29) is 17.9 Å². The lowest BCUT2D eigenvalue weighted by Gasteiger charge is -2.54. The average molecular weight is 432 g/mol. The zero-order valence-corrected chi connectivity index (χ0v) is 18.2. The first-order chi connectivity index (χ1) is 14.5. The molecule has 31 heavy (non-hydrogen) atoms. The fourth-order valence-corrected chi connectivity index (χ4v) is 5.45. The number of cyclic esters (lactones) is 1. The SMILES string of the molecule is COC(=O)C1=CC[C@]23CC[C@@H]([C@@]2(OC(C)=O)CC1)[C@](C)(/C=C/C=C(\C)C(=O)O)OC3=O. The summed E-state index contributed by atoms with van der Waals surface area (Å²) in [7, 11) is 1.30. The van der Waals surface area contributed by atoms with Crippen molar-refractivity contribution in [3.63, 3.8) is 0 Å². The van der Waals surface area contributed by atoms with Gasteiger partial charge in [-0.15, -0.1) is 0 Å². The van der Waals surface area contributed by atoms with Crippen molar-refractivity contribution in [2.24, 2.45) is 11.3 Å². The number of rotatable bonds is 5. The summed E-state index contributed by atoms with van der Waals surface area (Å²) < 4.78 is 16.7. The quantitative estimate of drug-likeness (QED) is 0.305. The van der Waals surface area contributed by atoms with E-state index in [2.05, 4.69) is 0 Å². The number of hydrogen-bond acceptors (Lipinski definition) is 7. The highest BCUT2D eigenvalue weighted by Crippen LogP contribution is 2.65. The second kappa shape index (κ2) is 7.98. The lowest BCUT2D eigenvalue weighted by molar-refractivity contribution is -0.235. The maximum absolute atomic E-state index is 13.4. The summed E-state index contributed by atoms with van der Waals surface area (Å²) in [6.45, 7) is 4.53. The third-order valence-corrected chi connectivity index (χ3v) is 6.97. The summed E-state index contributed by atoms with van der Waals surface area (Å²) in [5, 5.41) is 9.06. The number of allylic oxidation sites excluding steroid dienone is 3. The van der Waals surface area contributed by atoms with Gasteiger partial charge in [-0.3, -0.25) is 9.59 Å². The van der Waals surface area contributed by atoms with E-state index in [1.165, 1.54) is 27.0 Å². The molecular formula is C23H28O8. The van der Waals surface area contributed by atoms with E-state index in [0.29, 0.717) is 31.3 Å². The summed E-state index contributed by atoms with van der Waals surface area (Å²) in [6.07, 6.45) is 8.21. The van der Waals surface area contributed by atoms with Crippen LogP contribution < -0.4 is 0 Å². The number of aliphatic carboxylic acids is 1. The van der Waals surface area contributed by atoms with E-state index in [0.717, 1.165) is 0 Å². The number of methoxy groups -OCH3 is 1. The molecule has 0 amide bonds. The number of carbonyl (C=O) groups excluding carboxylic acids is 3. The molecule has 0 aromatic heterocycles. The van der Waals surface area contributed by atoms with Crippen LogP contribution in [0.4, 0.5) is 0 Å². The molecule has 3 rings (SSSR count). The molecule has 2 fully saturated rings. The van der Waals surface area contributed by atoms with Gasteiger partial charge < -0.3 is 19.3 Å². The molecule has 1 N–H and O–H groups in total. The molecule has 4 atom stereocenters. The van der Waals surface area contributed by atoms with E-state index < -0.39 is 40.5 Å². The third-order valence-electron chi connectivity index (χ3n) is 6.97. The third kappa shape index (κ3) is 3.58. The van der Waals surface area contributed by atoms with Crippen molar-refractivity contribution in [2.75, 3.05) is 7.11 Å². The average Bonchev–Trinajstić information content (AvgIpc) is 2.84. The minimum Gasteiger partial charge on any atom is -0.478 e. The standard InChI is InChI=1S/C23H28O8/c1-14(18(25)26)6-5-10-21(3)17-9-12-22(20(28)31-21)11-7-16(19(27)29-4)8-13-23(17,22)30-15(2)24/h5-7,10,17H,8-9,11-13H2,1-4H3,(H,25,26)/b10-5+,14-6+/t17-,21+,22-,23+/m1/s1. The van der Waals surface area contributed by atoms with Crippen molar-refractivity contribution >= 4 is 23.9 Å². The monoisotopic (exact) mass is 432 g/mol. The van der Waals surface area contributed by atoms with Crippen molar-refractivity contribution in [1.29, 1.82) is 0 Å². The Kier molecular flexibility index (Phi) is 5.86. The van der Waals surface area contributed by atoms with Gasteiger partial charge in [0.05, 0.1) is 7.11 Å². The molecular weight excluding hydrogens is 404 g/mol. The number of hydrogen-bond donors (Lipinski definition) is 1. The Bertz CT molecular complexity index is 913. The maximum Gasteiger partial charge on any atom is 0.333 e. The fraction of sp³-hybridized carbons (Fsp3) is 0.565. The summed E-state index contributed by atoms with van der Waals surface area (Å²) in [5.41, 5.74) is -2.71. The van der Waals surface area contributed by atoms with Gasteiger partial charge in [0.25, 0.3) is 0 Å². The van der Waals surface area contributed by atoms with E-state index in [9.17, 15) is 19.2 Å². The van der Waals surface area contributed by atoms with Gasteiger partial charge in [-0.1, -0.05) is 18.2 Å². The van der Waals surface area contributed by atoms with Gasteiger partial charge in [0.2, 0.25) is 0 Å². The van der Waals surface area contributed by atoms with Gasteiger partial charge in [-0.2, -0.15) is 0 Å². The molecule has 1 aliphatic heterocycles. The van der Waals surface area contributed by atoms with Gasteiger partial charge in [-0.25, -0.2) is 9.59 Å². The molecule has 1 saturated carbocycles. The van der Waals surface area contributed by atoms with E-state index in [1.54, 1.807) is 25.2 Å². The van der Waals surface area contributed by atoms with Crippen LogP contribution in [-0.2, 0) is 33.4 Å². The lowest BCUT2D eigenvalue weighted by Crippen LogP contribution is -2.65. The van der Waals surface area contributed by atoms with Crippen LogP contribution in [0.3, 0.4) is 0 Å². The molecule has 2 aliphatic carbocycles. The van der Waals surface area contributed by atoms with Crippen molar-refractivity contribution in [1.82, 2.24) is 0 Å². The summed E-state index contributed by atoms with van der Waals surface area (Å²) >= 11 is 0. The normalized spacial score (nSPS) is 35.0. The van der Waals surface area contributed by atoms with E-state index in [4.69, 9.17) is 19.3 Å². The largest absolute Gasteiger partial charge is 0.478 e. The molecule has 8 heteroatoms. The first-order valence-corrected chi connectivity index (χ1v) is 10.3. The highest BCUT2D eigenvalue weighted by molar-refractivity contribution is 5.89. The van der Waals surface area contributed by atoms with Gasteiger partial charge in [-0.05, 0) is 52.0 Å². The molecule has 8 nitrogen and oxygen atoms in total. The van der Waals surface area contributed by atoms with Crippen LogP contribution in [0.15, 0.2) is 35.5 Å². The first-order valence-electron chi connectivity index (χ1n) is 10.3. The van der Waals surface area contributed by atoms with E-state index in [1.807, 2.05) is 0 Å². The summed E-state index contributed by atoms with van der Waals surface area (Å²) in [6, 6.07) is 0. The number of ether oxygens (including phenoxy) is 3. The molecule has 0 aromatic rings. The second-order valence-corrected chi connectivity index (χ2v) is 8.67. The highest BCUT2D eigenvalue weighted by atomic mass is 16.6. The van der Waals surface area contributed by atoms with E-state index >= 15 is 0 Å². The Hall–Kier alpha value is -2.90. The van der Waals surface area contributed by atoms with Crippen LogP contribution in [0.2, 0.25) is 0 Å². The number of carbonyl (C=O) groups is 4. The molecule has 0 spiro atoms. The van der Waals surface area contributed by atoms with Crippen LogP contribution in [0.5, 0.6) is 0 Å². The van der Waals surface area contributed by atoms with Gasteiger partial charge in [0, 0.05) is 24.0 Å². The van der Waals surface area contributed by atoms with Crippen molar-refractivity contribution in [2.45, 2.75) is 64.1 Å². The highest BCUT2D eigenvalue weighted by Gasteiger charge is 2.74. The molecule has 168 valence electrons. The van der Waals surface area contributed by atoms with Crippen LogP contribution >= 0.6 is 0 Å². The zero-order chi connectivity index (χ0) is 23.0. The minimum absolute atomic E-state index is 0.138. The van der Waals surface area contributed by atoms with Crippen molar-refractivity contribution < 1.29 is 38.5 Å². The molecule has 3 aliphatic rings. The van der Waals surface area contributed by atoms with Crippen molar-refractivity contribution in [3.05, 3.63) is 35.5 Å². The predicted octanol–water partition coefficient (Wildman–Crippen LogP) is 2.87. The Morgan fingerprint density at radius 3 is 2.58 bits per heavy atom. The summed E-state index contributed by atoms with van der Waals surface area (Å²) in [5.74, 6) is -2.83. The number of carboxylic acids is 1. The van der Waals surface area contributed by atoms with Crippen LogP contribution in [0.1, 0.15) is 52.9 Å². The van der Waals surface area contributed by atoms with Crippen molar-refractivity contribution in [3.8, 4) is 0 Å². The van der Waals surface area contributed by atoms with Crippen LogP contribution in [0.25, 0.3) is 0 Å². The first kappa shape index (κ1) is 22.8. The molecule has 1 saturated heterocycles. The Morgan fingerprint density at radius 1 is 1.26 bits per heavy atom. The molecule has 1 heterocycles. The molecule has 0 radical (unpaired) electrons. The maximum atomic E-state index is 13.4. The Labute approximate surface area is 180 Å². The smallest absolute Gasteiger partial charge is 0.333 e. The van der Waals surface area contributed by atoms with Crippen LogP contribution in [0, 0.1) is 11.3 Å². The lowest BCUT2D eigenvalue weighted by atomic mass is 9.62. The minimum atomic E-state index is -1.13. The fourth-order valence-electron chi connectivity index (χ4n) is 5.45. The summed E-state index contributed by atoms with van der Waals surface area (Å²) in [4.78, 5) is 48.8. The topological polar surface area (TPSA) is 116 Å². The van der Waals surface area contributed by atoms with Gasteiger partial charge in [0.15, 0.2) is 0 Å². The van der Waals surface area contributed by atoms with Gasteiger partial charge >= 0.3 is 23.9 Å². The van der Waals surface area contributed by atoms with Crippen LogP contribution in [-0.4, -0.2) is 47.3 Å².